The minimum atomic E-state index is 0.409. The van der Waals surface area contributed by atoms with Gasteiger partial charge in [0.25, 0.3) is 0 Å². The van der Waals surface area contributed by atoms with Crippen molar-refractivity contribution in [2.75, 3.05) is 43.4 Å². The summed E-state index contributed by atoms with van der Waals surface area (Å²) in [7, 11) is 2.20. The maximum Gasteiger partial charge on any atom is 0.128 e. The lowest BCUT2D eigenvalue weighted by Gasteiger charge is -2.34. The van der Waals surface area contributed by atoms with E-state index in [1.165, 1.54) is 12.1 Å². The number of pyridine rings is 1. The number of aromatic nitrogens is 1. The van der Waals surface area contributed by atoms with E-state index in [9.17, 15) is 0 Å². The number of nitrogens with one attached hydrogen (secondary N) is 1. The van der Waals surface area contributed by atoms with Gasteiger partial charge in [-0.1, -0.05) is 27.7 Å². The van der Waals surface area contributed by atoms with E-state index >= 15 is 0 Å². The average Bonchev–Trinajstić information content (AvgIpc) is 2.71. The van der Waals surface area contributed by atoms with Gasteiger partial charge < -0.3 is 15.1 Å². The molecule has 128 valence electrons. The fourth-order valence-corrected chi connectivity index (χ4v) is 4.13. The molecule has 1 N–H and O–H groups in total. The van der Waals surface area contributed by atoms with E-state index in [-0.39, 0.29) is 0 Å². The van der Waals surface area contributed by atoms with Crippen LogP contribution >= 0.6 is 0 Å². The first kappa shape index (κ1) is 16.6. The predicted octanol–water partition coefficient (Wildman–Crippen LogP) is 3.32. The Balaban J connectivity index is 1.69. The molecule has 1 aliphatic heterocycles. The molecule has 1 aromatic heterocycles. The van der Waals surface area contributed by atoms with Gasteiger partial charge >= 0.3 is 0 Å². The van der Waals surface area contributed by atoms with Crippen LogP contribution < -0.4 is 10.2 Å². The number of piperazine rings is 1. The summed E-state index contributed by atoms with van der Waals surface area (Å²) in [6.07, 6.45) is 3.17. The van der Waals surface area contributed by atoms with Crippen LogP contribution in [0.15, 0.2) is 18.3 Å². The highest BCUT2D eigenvalue weighted by molar-refractivity contribution is 5.54. The molecule has 1 saturated heterocycles. The Hall–Kier alpha value is -1.29. The molecule has 23 heavy (non-hydrogen) atoms. The average molecular weight is 316 g/mol. The number of likely N-dealkylation sites (N-methyl/N-ethyl adjacent to an activating group) is 1. The smallest absolute Gasteiger partial charge is 0.128 e. The second-order valence-electron chi connectivity index (χ2n) is 8.28. The van der Waals surface area contributed by atoms with Crippen LogP contribution in [-0.4, -0.2) is 49.2 Å². The molecule has 4 heteroatoms. The Labute approximate surface area is 141 Å². The van der Waals surface area contributed by atoms with E-state index in [1.54, 1.807) is 0 Å². The monoisotopic (exact) mass is 316 g/mol. The zero-order valence-corrected chi connectivity index (χ0v) is 15.3. The lowest BCUT2D eigenvalue weighted by molar-refractivity contribution is 0.248. The van der Waals surface area contributed by atoms with E-state index in [2.05, 4.69) is 67.0 Å². The molecule has 3 atom stereocenters. The quantitative estimate of drug-likeness (QED) is 0.927. The zero-order valence-electron chi connectivity index (χ0n) is 15.3. The maximum atomic E-state index is 4.57. The Morgan fingerprint density at radius 1 is 1.17 bits per heavy atom. The highest BCUT2D eigenvalue weighted by Crippen LogP contribution is 2.46. The van der Waals surface area contributed by atoms with Crippen LogP contribution in [0.2, 0.25) is 0 Å². The fraction of sp³-hybridized carbons (Fsp3) is 0.737. The second kappa shape index (κ2) is 6.31. The predicted molar refractivity (Wildman–Crippen MR) is 98.1 cm³/mol. The van der Waals surface area contributed by atoms with Crippen molar-refractivity contribution >= 4 is 11.5 Å². The van der Waals surface area contributed by atoms with Gasteiger partial charge in [-0.25, -0.2) is 4.98 Å². The Bertz CT molecular complexity index is 534. The third-order valence-corrected chi connectivity index (χ3v) is 6.35. The molecule has 1 saturated carbocycles. The van der Waals surface area contributed by atoms with Crippen molar-refractivity contribution in [3.05, 3.63) is 18.3 Å². The van der Waals surface area contributed by atoms with E-state index in [0.717, 1.165) is 37.9 Å². The van der Waals surface area contributed by atoms with Gasteiger partial charge in [-0.3, -0.25) is 0 Å². The first-order valence-electron chi connectivity index (χ1n) is 9.03. The Morgan fingerprint density at radius 3 is 2.48 bits per heavy atom. The third kappa shape index (κ3) is 3.47. The van der Waals surface area contributed by atoms with Crippen molar-refractivity contribution in [1.29, 1.82) is 0 Å². The van der Waals surface area contributed by atoms with E-state index in [0.29, 0.717) is 17.4 Å². The van der Waals surface area contributed by atoms with Crippen molar-refractivity contribution in [3.63, 3.8) is 0 Å². The second-order valence-corrected chi connectivity index (χ2v) is 8.28. The molecule has 4 nitrogen and oxygen atoms in total. The van der Waals surface area contributed by atoms with E-state index < -0.39 is 0 Å². The first-order valence-corrected chi connectivity index (χ1v) is 9.03. The summed E-state index contributed by atoms with van der Waals surface area (Å²) in [6, 6.07) is 4.89. The summed E-state index contributed by atoms with van der Waals surface area (Å²) in [4.78, 5) is 9.43. The van der Waals surface area contributed by atoms with Gasteiger partial charge in [-0.05, 0) is 36.8 Å². The summed E-state index contributed by atoms with van der Waals surface area (Å²) >= 11 is 0. The van der Waals surface area contributed by atoms with Crippen molar-refractivity contribution in [2.24, 2.45) is 17.3 Å². The Kier molecular flexibility index (Phi) is 4.54. The lowest BCUT2D eigenvalue weighted by Crippen LogP contribution is -2.44. The van der Waals surface area contributed by atoms with Crippen LogP contribution in [0, 0.1) is 17.3 Å². The molecule has 0 bridgehead atoms. The van der Waals surface area contributed by atoms with Crippen molar-refractivity contribution in [1.82, 2.24) is 9.88 Å². The molecule has 2 fully saturated rings. The summed E-state index contributed by atoms with van der Waals surface area (Å²) in [5, 5.41) is 3.72. The molecular weight excluding hydrogens is 284 g/mol. The normalized spacial score (nSPS) is 31.3. The Morgan fingerprint density at radius 2 is 1.87 bits per heavy atom. The van der Waals surface area contributed by atoms with Gasteiger partial charge in [0.15, 0.2) is 0 Å². The molecule has 2 unspecified atom stereocenters. The molecule has 0 spiro atoms. The topological polar surface area (TPSA) is 31.4 Å². The lowest BCUT2D eigenvalue weighted by atomic mass is 9.81. The molecule has 1 aromatic rings. The molecular formula is C19H32N4. The van der Waals surface area contributed by atoms with Crippen LogP contribution in [0.3, 0.4) is 0 Å². The number of anilines is 2. The van der Waals surface area contributed by atoms with Crippen LogP contribution in [-0.2, 0) is 0 Å². The maximum absolute atomic E-state index is 4.57. The van der Waals surface area contributed by atoms with Crippen molar-refractivity contribution < 1.29 is 0 Å². The summed E-state index contributed by atoms with van der Waals surface area (Å²) in [5.41, 5.74) is 1.71. The van der Waals surface area contributed by atoms with Crippen LogP contribution in [0.4, 0.5) is 11.5 Å². The fourth-order valence-electron chi connectivity index (χ4n) is 4.13. The standard InChI is InChI=1S/C19H32N4/c1-14-15(2)19(3,4)13-17(14)21-18-12-16(6-7-20-18)23-10-8-22(5)9-11-23/h6-7,12,14-15,17H,8-11,13H2,1-5H3,(H,20,21)/t14?,15-,17?/m0/s1. The van der Waals surface area contributed by atoms with E-state index in [4.69, 9.17) is 0 Å². The van der Waals surface area contributed by atoms with Gasteiger partial charge in [0.1, 0.15) is 5.82 Å². The minimum absolute atomic E-state index is 0.409. The van der Waals surface area contributed by atoms with Crippen molar-refractivity contribution in [3.8, 4) is 0 Å². The highest BCUT2D eigenvalue weighted by Gasteiger charge is 2.43. The molecule has 1 aliphatic carbocycles. The number of hydrogen-bond acceptors (Lipinski definition) is 4. The van der Waals surface area contributed by atoms with Gasteiger partial charge in [0.05, 0.1) is 0 Å². The largest absolute Gasteiger partial charge is 0.369 e. The molecule has 3 rings (SSSR count). The highest BCUT2D eigenvalue weighted by atomic mass is 15.2. The number of nitrogens with zero attached hydrogens (tertiary/aromatic N) is 3. The summed E-state index contributed by atoms with van der Waals surface area (Å²) in [6.45, 7) is 14.0. The zero-order chi connectivity index (χ0) is 16.6. The summed E-state index contributed by atoms with van der Waals surface area (Å²) < 4.78 is 0. The van der Waals surface area contributed by atoms with E-state index in [1.807, 2.05) is 6.20 Å². The third-order valence-electron chi connectivity index (χ3n) is 6.35. The van der Waals surface area contributed by atoms with Gasteiger partial charge in [0.2, 0.25) is 0 Å². The molecule has 0 radical (unpaired) electrons. The molecule has 0 aromatic carbocycles. The number of rotatable bonds is 3. The molecule has 2 heterocycles. The van der Waals surface area contributed by atoms with Crippen LogP contribution in [0.25, 0.3) is 0 Å². The molecule has 0 amide bonds. The van der Waals surface area contributed by atoms with Gasteiger partial charge in [-0.2, -0.15) is 0 Å². The van der Waals surface area contributed by atoms with Crippen LogP contribution in [0.1, 0.15) is 34.1 Å². The number of hydrogen-bond donors (Lipinski definition) is 1. The molecule has 2 aliphatic rings. The minimum Gasteiger partial charge on any atom is -0.369 e. The van der Waals surface area contributed by atoms with Crippen molar-refractivity contribution in [2.45, 2.75) is 40.2 Å². The van der Waals surface area contributed by atoms with Gasteiger partial charge in [-0.15, -0.1) is 0 Å². The van der Waals surface area contributed by atoms with Gasteiger partial charge in [0, 0.05) is 50.2 Å². The summed E-state index contributed by atoms with van der Waals surface area (Å²) in [5.74, 6) is 2.45. The van der Waals surface area contributed by atoms with Crippen LogP contribution in [0.5, 0.6) is 0 Å². The first-order chi connectivity index (χ1) is 10.9. The SMILES string of the molecule is CC1C(Nc2cc(N3CCN(C)CC3)ccn2)CC(C)(C)[C@H]1C.